The second kappa shape index (κ2) is 6.14. The summed E-state index contributed by atoms with van der Waals surface area (Å²) in [6.45, 7) is 4.27. The molecule has 0 fully saturated rings. The average molecular weight is 226 g/mol. The van der Waals surface area contributed by atoms with Gasteiger partial charge in [-0.15, -0.1) is 0 Å². The molecule has 0 saturated heterocycles. The number of halogens is 1. The number of unbranched alkanes of at least 4 members (excludes halogenated alkanes) is 1. The predicted molar refractivity (Wildman–Crippen MR) is 67.5 cm³/mol. The van der Waals surface area contributed by atoms with E-state index in [-0.39, 0.29) is 0 Å². The molecule has 0 amide bonds. The molecule has 1 aromatic rings. The lowest BCUT2D eigenvalue weighted by Gasteiger charge is -2.18. The molecule has 1 N–H and O–H groups in total. The lowest BCUT2D eigenvalue weighted by Crippen LogP contribution is -2.16. The van der Waals surface area contributed by atoms with Crippen LogP contribution in [0.25, 0.3) is 0 Å². The van der Waals surface area contributed by atoms with Gasteiger partial charge in [-0.2, -0.15) is 0 Å². The van der Waals surface area contributed by atoms with Crippen molar-refractivity contribution in [1.82, 2.24) is 5.32 Å². The number of rotatable bonds is 5. The van der Waals surface area contributed by atoms with Gasteiger partial charge in [0, 0.05) is 11.1 Å². The van der Waals surface area contributed by atoms with Crippen LogP contribution < -0.4 is 5.32 Å². The lowest BCUT2D eigenvalue weighted by atomic mass is 9.99. The Morgan fingerprint density at radius 1 is 1.40 bits per heavy atom. The molecule has 0 radical (unpaired) electrons. The Labute approximate surface area is 97.8 Å². The Bertz CT molecular complexity index is 309. The van der Waals surface area contributed by atoms with Crippen molar-refractivity contribution in [3.8, 4) is 0 Å². The quantitative estimate of drug-likeness (QED) is 0.796. The second-order valence-corrected chi connectivity index (χ2v) is 4.34. The molecule has 84 valence electrons. The van der Waals surface area contributed by atoms with Crippen LogP contribution in [0.4, 0.5) is 0 Å². The summed E-state index contributed by atoms with van der Waals surface area (Å²) in [5.74, 6) is 0. The fourth-order valence-corrected chi connectivity index (χ4v) is 2.06. The molecule has 0 aliphatic heterocycles. The molecule has 1 atom stereocenters. The summed E-state index contributed by atoms with van der Waals surface area (Å²) < 4.78 is 0. The Morgan fingerprint density at radius 2 is 2.13 bits per heavy atom. The van der Waals surface area contributed by atoms with E-state index < -0.39 is 0 Å². The number of benzene rings is 1. The van der Waals surface area contributed by atoms with Gasteiger partial charge < -0.3 is 5.32 Å². The summed E-state index contributed by atoms with van der Waals surface area (Å²) in [5, 5.41) is 4.25. The maximum atomic E-state index is 6.31. The first-order valence-corrected chi connectivity index (χ1v) is 6.00. The third kappa shape index (κ3) is 3.22. The van der Waals surface area contributed by atoms with Crippen molar-refractivity contribution in [2.45, 2.75) is 39.2 Å². The first-order valence-electron chi connectivity index (χ1n) is 5.63. The van der Waals surface area contributed by atoms with Gasteiger partial charge in [0.25, 0.3) is 0 Å². The van der Waals surface area contributed by atoms with Gasteiger partial charge in [0.15, 0.2) is 0 Å². The standard InChI is InChI=1S/C13H20ClN/c1-4-5-9-12(15-3)11-8-6-7-10(2)13(11)14/h6-8,12,15H,4-5,9H2,1-3H3. The van der Waals surface area contributed by atoms with Crippen LogP contribution in [0, 0.1) is 6.92 Å². The van der Waals surface area contributed by atoms with E-state index in [0.29, 0.717) is 6.04 Å². The molecule has 15 heavy (non-hydrogen) atoms. The van der Waals surface area contributed by atoms with Gasteiger partial charge >= 0.3 is 0 Å². The van der Waals surface area contributed by atoms with E-state index in [0.717, 1.165) is 17.0 Å². The van der Waals surface area contributed by atoms with E-state index in [4.69, 9.17) is 11.6 Å². The van der Waals surface area contributed by atoms with Crippen LogP contribution in [-0.2, 0) is 0 Å². The topological polar surface area (TPSA) is 12.0 Å². The fourth-order valence-electron chi connectivity index (χ4n) is 1.80. The average Bonchev–Trinajstić information content (AvgIpc) is 2.25. The Morgan fingerprint density at radius 3 is 2.73 bits per heavy atom. The van der Waals surface area contributed by atoms with Crippen LogP contribution in [0.15, 0.2) is 18.2 Å². The number of hydrogen-bond donors (Lipinski definition) is 1. The largest absolute Gasteiger partial charge is 0.313 e. The van der Waals surface area contributed by atoms with Crippen molar-refractivity contribution in [3.63, 3.8) is 0 Å². The van der Waals surface area contributed by atoms with Crippen LogP contribution in [0.2, 0.25) is 5.02 Å². The van der Waals surface area contributed by atoms with Crippen molar-refractivity contribution in [1.29, 1.82) is 0 Å². The minimum atomic E-state index is 0.386. The van der Waals surface area contributed by atoms with E-state index in [1.807, 2.05) is 7.05 Å². The molecular formula is C13H20ClN. The molecule has 0 aromatic heterocycles. The van der Waals surface area contributed by atoms with Crippen LogP contribution in [0.3, 0.4) is 0 Å². The maximum absolute atomic E-state index is 6.31. The highest BCUT2D eigenvalue weighted by atomic mass is 35.5. The van der Waals surface area contributed by atoms with Gasteiger partial charge in [-0.1, -0.05) is 49.6 Å². The smallest absolute Gasteiger partial charge is 0.0482 e. The minimum Gasteiger partial charge on any atom is -0.313 e. The summed E-state index contributed by atoms with van der Waals surface area (Å²) in [6.07, 6.45) is 3.60. The molecule has 2 heteroatoms. The summed E-state index contributed by atoms with van der Waals surface area (Å²) in [6, 6.07) is 6.63. The Kier molecular flexibility index (Phi) is 5.13. The first kappa shape index (κ1) is 12.5. The monoisotopic (exact) mass is 225 g/mol. The van der Waals surface area contributed by atoms with Crippen molar-refractivity contribution >= 4 is 11.6 Å². The molecule has 1 rings (SSSR count). The third-order valence-electron chi connectivity index (χ3n) is 2.79. The molecule has 1 aromatic carbocycles. The Hall–Kier alpha value is -0.530. The summed E-state index contributed by atoms with van der Waals surface area (Å²) in [4.78, 5) is 0. The van der Waals surface area contributed by atoms with Crippen molar-refractivity contribution in [3.05, 3.63) is 34.3 Å². The van der Waals surface area contributed by atoms with E-state index >= 15 is 0 Å². The summed E-state index contributed by atoms with van der Waals surface area (Å²) in [7, 11) is 2.00. The molecule has 0 saturated carbocycles. The lowest BCUT2D eigenvalue weighted by molar-refractivity contribution is 0.523. The van der Waals surface area contributed by atoms with Crippen molar-refractivity contribution in [2.24, 2.45) is 0 Å². The zero-order valence-corrected chi connectivity index (χ0v) is 10.6. The van der Waals surface area contributed by atoms with Crippen LogP contribution >= 0.6 is 11.6 Å². The van der Waals surface area contributed by atoms with Crippen molar-refractivity contribution in [2.75, 3.05) is 7.05 Å². The predicted octanol–water partition coefficient (Wildman–Crippen LogP) is 4.10. The normalized spacial score (nSPS) is 12.8. The molecule has 0 bridgehead atoms. The SMILES string of the molecule is CCCCC(NC)c1cccc(C)c1Cl. The maximum Gasteiger partial charge on any atom is 0.0482 e. The molecule has 0 spiro atoms. The summed E-state index contributed by atoms with van der Waals surface area (Å²) in [5.41, 5.74) is 2.39. The van der Waals surface area contributed by atoms with Gasteiger partial charge in [0.05, 0.1) is 0 Å². The molecule has 0 aliphatic rings. The highest BCUT2D eigenvalue weighted by Gasteiger charge is 2.12. The summed E-state index contributed by atoms with van der Waals surface area (Å²) >= 11 is 6.31. The van der Waals surface area contributed by atoms with Crippen LogP contribution in [0.1, 0.15) is 43.4 Å². The van der Waals surface area contributed by atoms with Crippen LogP contribution in [0.5, 0.6) is 0 Å². The fraction of sp³-hybridized carbons (Fsp3) is 0.538. The molecule has 1 nitrogen and oxygen atoms in total. The molecule has 1 unspecified atom stereocenters. The number of nitrogens with one attached hydrogen (secondary N) is 1. The van der Waals surface area contributed by atoms with Gasteiger partial charge in [-0.25, -0.2) is 0 Å². The second-order valence-electron chi connectivity index (χ2n) is 3.96. The van der Waals surface area contributed by atoms with Crippen LogP contribution in [-0.4, -0.2) is 7.05 Å². The highest BCUT2D eigenvalue weighted by molar-refractivity contribution is 6.32. The van der Waals surface area contributed by atoms with Gasteiger partial charge in [-0.05, 0) is 31.5 Å². The third-order valence-corrected chi connectivity index (χ3v) is 3.31. The van der Waals surface area contributed by atoms with Gasteiger partial charge in [0.2, 0.25) is 0 Å². The first-order chi connectivity index (χ1) is 7.20. The van der Waals surface area contributed by atoms with Crippen molar-refractivity contribution < 1.29 is 0 Å². The van der Waals surface area contributed by atoms with E-state index in [1.54, 1.807) is 0 Å². The van der Waals surface area contributed by atoms with E-state index in [9.17, 15) is 0 Å². The minimum absolute atomic E-state index is 0.386. The molecular weight excluding hydrogens is 206 g/mol. The highest BCUT2D eigenvalue weighted by Crippen LogP contribution is 2.28. The number of aryl methyl sites for hydroxylation is 1. The van der Waals surface area contributed by atoms with E-state index in [2.05, 4.69) is 37.4 Å². The van der Waals surface area contributed by atoms with E-state index in [1.165, 1.54) is 18.4 Å². The zero-order chi connectivity index (χ0) is 11.3. The zero-order valence-electron chi connectivity index (χ0n) is 9.81. The van der Waals surface area contributed by atoms with Gasteiger partial charge in [-0.3, -0.25) is 0 Å². The Balaban J connectivity index is 2.86. The number of hydrogen-bond acceptors (Lipinski definition) is 1. The van der Waals surface area contributed by atoms with Gasteiger partial charge in [0.1, 0.15) is 0 Å². The molecule has 0 aliphatic carbocycles. The molecule has 0 heterocycles.